The molecule has 30 heavy (non-hydrogen) atoms. The van der Waals surface area contributed by atoms with Gasteiger partial charge in [-0.05, 0) is 40.8 Å². The summed E-state index contributed by atoms with van der Waals surface area (Å²) in [7, 11) is 0. The van der Waals surface area contributed by atoms with Crippen LogP contribution < -0.4 is 5.32 Å². The Hall–Kier alpha value is -2.29. The number of fused-ring (bicyclic) bond motifs is 1. The Kier molecular flexibility index (Phi) is 6.17. The first-order valence-electron chi connectivity index (χ1n) is 10.2. The molecular weight excluding hydrogens is 402 g/mol. The van der Waals surface area contributed by atoms with Crippen molar-refractivity contribution in [1.82, 2.24) is 15.3 Å². The van der Waals surface area contributed by atoms with E-state index in [-0.39, 0.29) is 11.9 Å². The Balaban J connectivity index is 1.56. The average Bonchev–Trinajstić information content (AvgIpc) is 2.99. The molecule has 2 aromatic rings. The first kappa shape index (κ1) is 21.0. The zero-order valence-electron chi connectivity index (χ0n) is 17.0. The molecule has 0 bridgehead atoms. The number of hydroxylamine groups is 2. The topological polar surface area (TPSA) is 82.1 Å². The van der Waals surface area contributed by atoms with E-state index in [1.54, 1.807) is 11.8 Å². The molecule has 0 radical (unpaired) electrons. The first-order valence-corrected chi connectivity index (χ1v) is 11.6. The van der Waals surface area contributed by atoms with Crippen LogP contribution in [-0.4, -0.2) is 63.9 Å². The Morgan fingerprint density at radius 2 is 1.97 bits per heavy atom. The number of benzene rings is 2. The Bertz CT molecular complexity index is 929. The van der Waals surface area contributed by atoms with Gasteiger partial charge >= 0.3 is 6.16 Å². The van der Waals surface area contributed by atoms with Gasteiger partial charge in [-0.2, -0.15) is 11.8 Å². The largest absolute Gasteiger partial charge is 0.525 e. The minimum absolute atomic E-state index is 0.129. The highest BCUT2D eigenvalue weighted by molar-refractivity contribution is 7.98. The maximum atomic E-state index is 13.3. The van der Waals surface area contributed by atoms with Crippen molar-refractivity contribution in [3.05, 3.63) is 48.0 Å². The van der Waals surface area contributed by atoms with E-state index in [0.717, 1.165) is 23.1 Å². The quantitative estimate of drug-likeness (QED) is 0.729. The molecule has 7 nitrogen and oxygen atoms in total. The van der Waals surface area contributed by atoms with Crippen molar-refractivity contribution >= 4 is 34.6 Å². The fourth-order valence-electron chi connectivity index (χ4n) is 4.52. The second kappa shape index (κ2) is 8.83. The molecule has 4 rings (SSSR count). The van der Waals surface area contributed by atoms with Gasteiger partial charge in [-0.3, -0.25) is 10.1 Å². The fraction of sp³-hybridized carbons (Fsp3) is 0.455. The lowest BCUT2D eigenvalue weighted by Gasteiger charge is -2.43. The standard InChI is InChI=1S/C22H27N3O4S/c1-30-13-8-19-20(26)25(15-16-6-7-17-4-2-3-5-18(17)14-16)22(23-19)9-11-24(12-10-22)29-21(27)28/h2-7,14,19,23H,8-13,15H2,1H3,(H,27,28). The van der Waals surface area contributed by atoms with Gasteiger partial charge in [-0.1, -0.05) is 36.4 Å². The smallest absolute Gasteiger partial charge is 0.448 e. The number of carbonyl (C=O) groups excluding carboxylic acids is 1. The summed E-state index contributed by atoms with van der Waals surface area (Å²) in [5.74, 6) is 1.04. The van der Waals surface area contributed by atoms with Crippen LogP contribution in [0.1, 0.15) is 24.8 Å². The van der Waals surface area contributed by atoms with Gasteiger partial charge in [0.25, 0.3) is 0 Å². The average molecular weight is 430 g/mol. The molecule has 0 saturated carbocycles. The SMILES string of the molecule is CSCCC1NC2(CCN(OC(=O)O)CC2)N(Cc2ccc3ccccc3c2)C1=O. The number of hydrogen-bond acceptors (Lipinski definition) is 6. The number of amides is 1. The molecule has 2 heterocycles. The van der Waals surface area contributed by atoms with E-state index in [1.165, 1.54) is 10.4 Å². The highest BCUT2D eigenvalue weighted by Crippen LogP contribution is 2.35. The van der Waals surface area contributed by atoms with Gasteiger partial charge in [-0.25, -0.2) is 4.79 Å². The highest BCUT2D eigenvalue weighted by atomic mass is 32.2. The molecule has 2 fully saturated rings. The van der Waals surface area contributed by atoms with E-state index in [1.807, 2.05) is 23.3 Å². The number of thioether (sulfide) groups is 1. The van der Waals surface area contributed by atoms with E-state index in [9.17, 15) is 9.59 Å². The van der Waals surface area contributed by atoms with Crippen LogP contribution in [-0.2, 0) is 16.2 Å². The minimum atomic E-state index is -1.30. The van der Waals surface area contributed by atoms with Crippen LogP contribution in [0.15, 0.2) is 42.5 Å². The third kappa shape index (κ3) is 4.26. The lowest BCUT2D eigenvalue weighted by molar-refractivity contribution is -0.157. The van der Waals surface area contributed by atoms with Gasteiger partial charge in [0, 0.05) is 32.5 Å². The van der Waals surface area contributed by atoms with Crippen LogP contribution in [0.3, 0.4) is 0 Å². The molecule has 2 saturated heterocycles. The van der Waals surface area contributed by atoms with E-state index in [2.05, 4.69) is 35.6 Å². The second-order valence-corrected chi connectivity index (χ2v) is 8.89. The van der Waals surface area contributed by atoms with E-state index >= 15 is 0 Å². The number of carboxylic acid groups (broad SMARTS) is 1. The van der Waals surface area contributed by atoms with Crippen LogP contribution in [0.4, 0.5) is 4.79 Å². The van der Waals surface area contributed by atoms with Crippen LogP contribution in [0.5, 0.6) is 0 Å². The number of hydrogen-bond donors (Lipinski definition) is 2. The lowest BCUT2D eigenvalue weighted by atomic mass is 9.96. The predicted octanol–water partition coefficient (Wildman–Crippen LogP) is 3.30. The molecule has 1 spiro atoms. The van der Waals surface area contributed by atoms with Gasteiger partial charge in [0.1, 0.15) is 0 Å². The first-order chi connectivity index (χ1) is 14.5. The molecule has 2 aliphatic rings. The number of nitrogens with zero attached hydrogens (tertiary/aromatic N) is 2. The molecule has 160 valence electrons. The molecule has 2 aromatic carbocycles. The minimum Gasteiger partial charge on any atom is -0.448 e. The molecule has 0 aromatic heterocycles. The summed E-state index contributed by atoms with van der Waals surface area (Å²) in [6, 6.07) is 14.3. The van der Waals surface area contributed by atoms with Crippen molar-refractivity contribution < 1.29 is 19.5 Å². The molecule has 1 unspecified atom stereocenters. The normalized spacial score (nSPS) is 21.4. The van der Waals surface area contributed by atoms with Gasteiger partial charge in [0.05, 0.1) is 11.7 Å². The van der Waals surface area contributed by atoms with Crippen LogP contribution in [0.25, 0.3) is 10.8 Å². The fourth-order valence-corrected chi connectivity index (χ4v) is 4.99. The van der Waals surface area contributed by atoms with Crippen molar-refractivity contribution in [1.29, 1.82) is 0 Å². The monoisotopic (exact) mass is 429 g/mol. The zero-order chi connectivity index (χ0) is 21.1. The maximum Gasteiger partial charge on any atom is 0.525 e. The van der Waals surface area contributed by atoms with Gasteiger partial charge < -0.3 is 14.8 Å². The number of nitrogens with one attached hydrogen (secondary N) is 1. The van der Waals surface area contributed by atoms with E-state index in [0.29, 0.717) is 32.5 Å². The third-order valence-corrected chi connectivity index (χ3v) is 6.69. The molecule has 1 amide bonds. The molecule has 0 aliphatic carbocycles. The van der Waals surface area contributed by atoms with Gasteiger partial charge in [0.15, 0.2) is 0 Å². The summed E-state index contributed by atoms with van der Waals surface area (Å²) >= 11 is 1.74. The van der Waals surface area contributed by atoms with Crippen molar-refractivity contribution in [2.75, 3.05) is 25.1 Å². The Morgan fingerprint density at radius 1 is 1.23 bits per heavy atom. The molecule has 2 N–H and O–H groups in total. The summed E-state index contributed by atoms with van der Waals surface area (Å²) in [6.07, 6.45) is 2.77. The van der Waals surface area contributed by atoms with Crippen molar-refractivity contribution in [3.63, 3.8) is 0 Å². The molecular formula is C22H27N3O4S. The van der Waals surface area contributed by atoms with E-state index in [4.69, 9.17) is 9.94 Å². The lowest BCUT2D eigenvalue weighted by Crippen LogP contribution is -2.58. The highest BCUT2D eigenvalue weighted by Gasteiger charge is 2.51. The predicted molar refractivity (Wildman–Crippen MR) is 117 cm³/mol. The number of rotatable bonds is 6. The van der Waals surface area contributed by atoms with Crippen LogP contribution in [0.2, 0.25) is 0 Å². The summed E-state index contributed by atoms with van der Waals surface area (Å²) < 4.78 is 0. The van der Waals surface area contributed by atoms with Crippen LogP contribution in [0, 0.1) is 0 Å². The van der Waals surface area contributed by atoms with Crippen molar-refractivity contribution in [2.45, 2.75) is 37.5 Å². The molecule has 2 aliphatic heterocycles. The summed E-state index contributed by atoms with van der Waals surface area (Å²) in [5, 5.41) is 16.3. The third-order valence-electron chi connectivity index (χ3n) is 6.05. The van der Waals surface area contributed by atoms with E-state index < -0.39 is 11.8 Å². The molecule has 8 heteroatoms. The van der Waals surface area contributed by atoms with Gasteiger partial charge in [0.2, 0.25) is 5.91 Å². The Labute approximate surface area is 180 Å². The zero-order valence-corrected chi connectivity index (χ0v) is 17.9. The van der Waals surface area contributed by atoms with Gasteiger partial charge in [-0.15, -0.1) is 5.06 Å². The van der Waals surface area contributed by atoms with Crippen molar-refractivity contribution in [2.24, 2.45) is 0 Å². The van der Waals surface area contributed by atoms with Crippen molar-refractivity contribution in [3.8, 4) is 0 Å². The number of carbonyl (C=O) groups is 2. The summed E-state index contributed by atoms with van der Waals surface area (Å²) in [6.45, 7) is 1.44. The number of piperidine rings is 1. The summed E-state index contributed by atoms with van der Waals surface area (Å²) in [5.41, 5.74) is 0.627. The Morgan fingerprint density at radius 3 is 2.67 bits per heavy atom. The maximum absolute atomic E-state index is 13.3. The molecule has 1 atom stereocenters. The van der Waals surface area contributed by atoms with Crippen LogP contribution >= 0.6 is 11.8 Å². The summed E-state index contributed by atoms with van der Waals surface area (Å²) in [4.78, 5) is 31.0. The second-order valence-electron chi connectivity index (χ2n) is 7.90.